The van der Waals surface area contributed by atoms with E-state index in [0.717, 1.165) is 18.2 Å². The summed E-state index contributed by atoms with van der Waals surface area (Å²) < 4.78 is 26.2. The summed E-state index contributed by atoms with van der Waals surface area (Å²) in [5, 5.41) is 10.9. The number of hydrogen-bond donors (Lipinski definition) is 3. The summed E-state index contributed by atoms with van der Waals surface area (Å²) in [4.78, 5) is 21.9. The molecule has 0 aromatic heterocycles. The van der Waals surface area contributed by atoms with Gasteiger partial charge < -0.3 is 10.4 Å². The SMILES string of the molecule is CNC(=O)C(C)NS(=O)(=O)c1ccc(C(=O)O)c(Cl)c1. The molecule has 0 radical (unpaired) electrons. The number of likely N-dealkylation sites (N-methyl/N-ethyl adjacent to an activating group) is 1. The summed E-state index contributed by atoms with van der Waals surface area (Å²) in [6.45, 7) is 1.38. The number of benzene rings is 1. The maximum absolute atomic E-state index is 12.0. The number of halogens is 1. The number of hydrogen-bond acceptors (Lipinski definition) is 4. The smallest absolute Gasteiger partial charge is 0.337 e. The van der Waals surface area contributed by atoms with E-state index in [0.29, 0.717) is 0 Å². The lowest BCUT2D eigenvalue weighted by atomic mass is 10.2. The van der Waals surface area contributed by atoms with Gasteiger partial charge in [-0.25, -0.2) is 13.2 Å². The van der Waals surface area contributed by atoms with Gasteiger partial charge >= 0.3 is 5.97 Å². The van der Waals surface area contributed by atoms with Crippen molar-refractivity contribution in [2.45, 2.75) is 17.9 Å². The molecular formula is C11H13ClN2O5S. The van der Waals surface area contributed by atoms with Crippen molar-refractivity contribution in [3.8, 4) is 0 Å². The Bertz CT molecular complexity index is 644. The number of aromatic carboxylic acids is 1. The number of rotatable bonds is 5. The number of carbonyl (C=O) groups excluding carboxylic acids is 1. The Labute approximate surface area is 121 Å². The molecule has 1 aromatic rings. The van der Waals surface area contributed by atoms with E-state index in [4.69, 9.17) is 16.7 Å². The van der Waals surface area contributed by atoms with Gasteiger partial charge in [0.2, 0.25) is 15.9 Å². The number of carboxylic acid groups (broad SMARTS) is 1. The lowest BCUT2D eigenvalue weighted by Crippen LogP contribution is -2.43. The topological polar surface area (TPSA) is 113 Å². The minimum atomic E-state index is -3.97. The maximum Gasteiger partial charge on any atom is 0.337 e. The van der Waals surface area contributed by atoms with Gasteiger partial charge in [-0.1, -0.05) is 11.6 Å². The molecule has 0 heterocycles. The fraction of sp³-hybridized carbons (Fsp3) is 0.273. The van der Waals surface area contributed by atoms with Crippen LogP contribution < -0.4 is 10.0 Å². The first-order chi connectivity index (χ1) is 9.19. The van der Waals surface area contributed by atoms with Gasteiger partial charge in [0, 0.05) is 7.05 Å². The summed E-state index contributed by atoms with van der Waals surface area (Å²) in [5.41, 5.74) is -0.204. The van der Waals surface area contributed by atoms with Crippen molar-refractivity contribution in [1.29, 1.82) is 0 Å². The van der Waals surface area contributed by atoms with Crippen LogP contribution in [0.25, 0.3) is 0 Å². The molecule has 1 amide bonds. The predicted octanol–water partition coefficient (Wildman–Crippen LogP) is 0.451. The van der Waals surface area contributed by atoms with Gasteiger partial charge in [-0.2, -0.15) is 4.72 Å². The van der Waals surface area contributed by atoms with E-state index in [-0.39, 0.29) is 15.5 Å². The highest BCUT2D eigenvalue weighted by Crippen LogP contribution is 2.21. The average Bonchev–Trinajstić information content (AvgIpc) is 2.36. The van der Waals surface area contributed by atoms with Crippen molar-refractivity contribution in [3.05, 3.63) is 28.8 Å². The molecule has 1 unspecified atom stereocenters. The third-order valence-electron chi connectivity index (χ3n) is 2.45. The van der Waals surface area contributed by atoms with Gasteiger partial charge in [0.25, 0.3) is 0 Å². The fourth-order valence-corrected chi connectivity index (χ4v) is 2.96. The quantitative estimate of drug-likeness (QED) is 0.729. The van der Waals surface area contributed by atoms with Gasteiger partial charge in [-0.15, -0.1) is 0 Å². The molecule has 0 saturated heterocycles. The van der Waals surface area contributed by atoms with E-state index in [1.807, 2.05) is 0 Å². The molecule has 0 saturated carbocycles. The van der Waals surface area contributed by atoms with E-state index in [9.17, 15) is 18.0 Å². The third kappa shape index (κ3) is 3.69. The lowest BCUT2D eigenvalue weighted by molar-refractivity contribution is -0.121. The van der Waals surface area contributed by atoms with Crippen LogP contribution in [0.2, 0.25) is 5.02 Å². The highest BCUT2D eigenvalue weighted by Gasteiger charge is 2.22. The van der Waals surface area contributed by atoms with Gasteiger partial charge in [0.1, 0.15) is 0 Å². The van der Waals surface area contributed by atoms with Crippen LogP contribution in [0.1, 0.15) is 17.3 Å². The summed E-state index contributed by atoms with van der Waals surface area (Å²) in [7, 11) is -2.59. The van der Waals surface area contributed by atoms with E-state index >= 15 is 0 Å². The molecule has 0 fully saturated rings. The van der Waals surface area contributed by atoms with E-state index < -0.39 is 27.9 Å². The zero-order chi connectivity index (χ0) is 15.5. The Morgan fingerprint density at radius 1 is 1.35 bits per heavy atom. The summed E-state index contributed by atoms with van der Waals surface area (Å²) in [5.74, 6) is -1.76. The van der Waals surface area contributed by atoms with Crippen molar-refractivity contribution in [2.24, 2.45) is 0 Å². The van der Waals surface area contributed by atoms with Crippen molar-refractivity contribution in [3.63, 3.8) is 0 Å². The van der Waals surface area contributed by atoms with Crippen LogP contribution in [0, 0.1) is 0 Å². The van der Waals surface area contributed by atoms with Gasteiger partial charge in [0.05, 0.1) is 21.5 Å². The van der Waals surface area contributed by atoms with Crippen molar-refractivity contribution >= 4 is 33.5 Å². The zero-order valence-electron chi connectivity index (χ0n) is 10.7. The molecule has 0 spiro atoms. The van der Waals surface area contributed by atoms with Crippen molar-refractivity contribution in [1.82, 2.24) is 10.0 Å². The molecule has 1 aromatic carbocycles. The number of nitrogens with one attached hydrogen (secondary N) is 2. The van der Waals surface area contributed by atoms with Crippen LogP contribution in [0.3, 0.4) is 0 Å². The third-order valence-corrected chi connectivity index (χ3v) is 4.30. The van der Waals surface area contributed by atoms with Crippen LogP contribution >= 0.6 is 11.6 Å². The monoisotopic (exact) mass is 320 g/mol. The minimum Gasteiger partial charge on any atom is -0.478 e. The first kappa shape index (κ1) is 16.4. The molecule has 7 nitrogen and oxygen atoms in total. The first-order valence-corrected chi connectivity index (χ1v) is 7.32. The van der Waals surface area contributed by atoms with Crippen molar-refractivity contribution < 1.29 is 23.1 Å². The molecule has 3 N–H and O–H groups in total. The molecular weight excluding hydrogens is 308 g/mol. The molecule has 0 aliphatic carbocycles. The first-order valence-electron chi connectivity index (χ1n) is 5.46. The average molecular weight is 321 g/mol. The predicted molar refractivity (Wildman–Crippen MR) is 72.3 cm³/mol. The molecule has 9 heteroatoms. The van der Waals surface area contributed by atoms with Crippen LogP contribution in [0.5, 0.6) is 0 Å². The molecule has 0 bridgehead atoms. The van der Waals surface area contributed by atoms with Gasteiger partial charge in [-0.05, 0) is 25.1 Å². The molecule has 1 atom stereocenters. The standard InChI is InChI=1S/C11H13ClN2O5S/c1-6(10(15)13-2)14-20(18,19)7-3-4-8(11(16)17)9(12)5-7/h3-6,14H,1-2H3,(H,13,15)(H,16,17). The molecule has 110 valence electrons. The van der Waals surface area contributed by atoms with E-state index in [1.165, 1.54) is 14.0 Å². The van der Waals surface area contributed by atoms with E-state index in [1.54, 1.807) is 0 Å². The van der Waals surface area contributed by atoms with Crippen molar-refractivity contribution in [2.75, 3.05) is 7.05 Å². The molecule has 0 aliphatic rings. The number of carbonyl (C=O) groups is 2. The molecule has 20 heavy (non-hydrogen) atoms. The number of carboxylic acids is 1. The zero-order valence-corrected chi connectivity index (χ0v) is 12.2. The second-order valence-electron chi connectivity index (χ2n) is 3.90. The van der Waals surface area contributed by atoms with Gasteiger partial charge in [0.15, 0.2) is 0 Å². The van der Waals surface area contributed by atoms with Crippen LogP contribution in [0.4, 0.5) is 0 Å². The van der Waals surface area contributed by atoms with Crippen LogP contribution in [-0.2, 0) is 14.8 Å². The normalized spacial score (nSPS) is 12.8. The number of amides is 1. The van der Waals surface area contributed by atoms with E-state index in [2.05, 4.69) is 10.0 Å². The Morgan fingerprint density at radius 2 is 1.95 bits per heavy atom. The molecule has 1 rings (SSSR count). The number of sulfonamides is 1. The lowest BCUT2D eigenvalue weighted by Gasteiger charge is -2.13. The van der Waals surface area contributed by atoms with Gasteiger partial charge in [-0.3, -0.25) is 4.79 Å². The highest BCUT2D eigenvalue weighted by molar-refractivity contribution is 7.89. The minimum absolute atomic E-state index is 0.201. The second kappa shape index (κ2) is 6.21. The highest BCUT2D eigenvalue weighted by atomic mass is 35.5. The van der Waals surface area contributed by atoms with Crippen LogP contribution in [-0.4, -0.2) is 38.5 Å². The fourth-order valence-electron chi connectivity index (χ4n) is 1.41. The Hall–Kier alpha value is -1.64. The largest absolute Gasteiger partial charge is 0.478 e. The maximum atomic E-state index is 12.0. The van der Waals surface area contributed by atoms with Crippen LogP contribution in [0.15, 0.2) is 23.1 Å². The summed E-state index contributed by atoms with van der Waals surface area (Å²) in [6, 6.07) is 2.24. The Balaban J connectivity index is 3.08. The summed E-state index contributed by atoms with van der Waals surface area (Å²) >= 11 is 5.70. The Kier molecular flexibility index (Phi) is 5.09. The second-order valence-corrected chi connectivity index (χ2v) is 6.03. The molecule has 0 aliphatic heterocycles. The summed E-state index contributed by atoms with van der Waals surface area (Å²) in [6.07, 6.45) is 0. The Morgan fingerprint density at radius 3 is 2.40 bits per heavy atom.